The van der Waals surface area contributed by atoms with Crippen molar-refractivity contribution in [1.29, 1.82) is 0 Å². The van der Waals surface area contributed by atoms with Crippen molar-refractivity contribution in [2.75, 3.05) is 6.61 Å². The van der Waals surface area contributed by atoms with E-state index in [0.717, 1.165) is 0 Å². The predicted molar refractivity (Wildman–Crippen MR) is 76.2 cm³/mol. The fraction of sp³-hybridized carbons (Fsp3) is 0.133. The Bertz CT molecular complexity index is 669. The van der Waals surface area contributed by atoms with Crippen molar-refractivity contribution in [3.63, 3.8) is 0 Å². The first kappa shape index (κ1) is 14.5. The molecule has 2 aromatic carbocycles. The van der Waals surface area contributed by atoms with Crippen molar-refractivity contribution < 1.29 is 19.2 Å². The number of hydrogen-bond acceptors (Lipinski definition) is 5. The molecule has 6 nitrogen and oxygen atoms in total. The predicted octanol–water partition coefficient (Wildman–Crippen LogP) is 3.60. The van der Waals surface area contributed by atoms with E-state index in [1.165, 1.54) is 18.2 Å². The van der Waals surface area contributed by atoms with Crippen molar-refractivity contribution in [1.82, 2.24) is 0 Å². The minimum absolute atomic E-state index is 0.107. The van der Waals surface area contributed by atoms with Gasteiger partial charge >= 0.3 is 0 Å². The third kappa shape index (κ3) is 3.36. The van der Waals surface area contributed by atoms with Crippen LogP contribution >= 0.6 is 0 Å². The number of benzene rings is 2. The van der Waals surface area contributed by atoms with E-state index in [9.17, 15) is 14.9 Å². The fourth-order valence-corrected chi connectivity index (χ4v) is 1.76. The number of nitrogens with zero attached hydrogens (tertiary/aromatic N) is 1. The Labute approximate surface area is 121 Å². The SMILES string of the molecule is CCOc1ccccc1Oc1ccc([N+](=O)[O-])cc1C=O. The third-order valence-corrected chi connectivity index (χ3v) is 2.70. The van der Waals surface area contributed by atoms with Gasteiger partial charge in [-0.1, -0.05) is 12.1 Å². The number of ether oxygens (including phenoxy) is 2. The monoisotopic (exact) mass is 287 g/mol. The van der Waals surface area contributed by atoms with Gasteiger partial charge in [0, 0.05) is 12.1 Å². The maximum Gasteiger partial charge on any atom is 0.270 e. The van der Waals surface area contributed by atoms with Gasteiger partial charge in [-0.15, -0.1) is 0 Å². The Kier molecular flexibility index (Phi) is 4.50. The molecule has 2 aromatic rings. The van der Waals surface area contributed by atoms with Crippen molar-refractivity contribution >= 4 is 12.0 Å². The van der Waals surface area contributed by atoms with Crippen LogP contribution in [0.25, 0.3) is 0 Å². The average Bonchev–Trinajstić information content (AvgIpc) is 2.49. The highest BCUT2D eigenvalue weighted by molar-refractivity contribution is 5.81. The van der Waals surface area contributed by atoms with Gasteiger partial charge in [0.1, 0.15) is 5.75 Å². The standard InChI is InChI=1S/C15H13NO5/c1-2-20-14-5-3-4-6-15(14)21-13-8-7-12(16(18)19)9-11(13)10-17/h3-10H,2H2,1H3. The molecular formula is C15H13NO5. The van der Waals surface area contributed by atoms with Gasteiger partial charge in [-0.2, -0.15) is 0 Å². The van der Waals surface area contributed by atoms with E-state index in [2.05, 4.69) is 0 Å². The molecule has 2 rings (SSSR count). The topological polar surface area (TPSA) is 78.7 Å². The minimum Gasteiger partial charge on any atom is -0.490 e. The summed E-state index contributed by atoms with van der Waals surface area (Å²) in [7, 11) is 0. The van der Waals surface area contributed by atoms with E-state index in [1.807, 2.05) is 6.92 Å². The number of carbonyl (C=O) groups is 1. The van der Waals surface area contributed by atoms with Gasteiger partial charge in [0.05, 0.1) is 17.1 Å². The average molecular weight is 287 g/mol. The van der Waals surface area contributed by atoms with Crippen LogP contribution in [0.3, 0.4) is 0 Å². The summed E-state index contributed by atoms with van der Waals surface area (Å²) in [6.07, 6.45) is 0.519. The van der Waals surface area contributed by atoms with Crippen LogP contribution < -0.4 is 9.47 Å². The van der Waals surface area contributed by atoms with Crippen LogP contribution in [0.4, 0.5) is 5.69 Å². The number of nitro benzene ring substituents is 1. The first-order valence-corrected chi connectivity index (χ1v) is 6.29. The summed E-state index contributed by atoms with van der Waals surface area (Å²) in [4.78, 5) is 21.2. The lowest BCUT2D eigenvalue weighted by Crippen LogP contribution is -1.97. The second-order valence-electron chi connectivity index (χ2n) is 4.08. The molecule has 0 aliphatic carbocycles. The third-order valence-electron chi connectivity index (χ3n) is 2.70. The molecule has 0 amide bonds. The number of non-ortho nitro benzene ring substituents is 1. The van der Waals surface area contributed by atoms with Gasteiger partial charge in [0.2, 0.25) is 0 Å². The summed E-state index contributed by atoms with van der Waals surface area (Å²) in [6.45, 7) is 2.32. The molecule has 0 aromatic heterocycles. The Morgan fingerprint density at radius 1 is 1.14 bits per heavy atom. The molecule has 0 unspecified atom stereocenters. The summed E-state index contributed by atoms with van der Waals surface area (Å²) in [5.41, 5.74) is -0.0574. The molecule has 0 bridgehead atoms. The van der Waals surface area contributed by atoms with Crippen molar-refractivity contribution in [3.05, 3.63) is 58.1 Å². The summed E-state index contributed by atoms with van der Waals surface area (Å²) >= 11 is 0. The minimum atomic E-state index is -0.565. The van der Waals surface area contributed by atoms with E-state index in [0.29, 0.717) is 24.4 Å². The van der Waals surface area contributed by atoms with Crippen molar-refractivity contribution in [2.24, 2.45) is 0 Å². The van der Waals surface area contributed by atoms with Crippen LogP contribution in [0.15, 0.2) is 42.5 Å². The van der Waals surface area contributed by atoms with E-state index in [-0.39, 0.29) is 17.0 Å². The Morgan fingerprint density at radius 2 is 1.86 bits per heavy atom. The molecular weight excluding hydrogens is 274 g/mol. The normalized spacial score (nSPS) is 9.95. The molecule has 0 spiro atoms. The molecule has 108 valence electrons. The van der Waals surface area contributed by atoms with Crippen LogP contribution in [0.1, 0.15) is 17.3 Å². The molecule has 0 radical (unpaired) electrons. The zero-order chi connectivity index (χ0) is 15.2. The summed E-state index contributed by atoms with van der Waals surface area (Å²) in [6, 6.07) is 10.9. The van der Waals surface area contributed by atoms with E-state index >= 15 is 0 Å². The van der Waals surface area contributed by atoms with Crippen LogP contribution in [0.5, 0.6) is 17.2 Å². The summed E-state index contributed by atoms with van der Waals surface area (Å²) < 4.78 is 11.1. The van der Waals surface area contributed by atoms with Crippen molar-refractivity contribution in [3.8, 4) is 17.2 Å². The first-order valence-electron chi connectivity index (χ1n) is 6.29. The first-order chi connectivity index (χ1) is 10.2. The maximum atomic E-state index is 11.1. The Balaban J connectivity index is 2.35. The molecule has 0 saturated heterocycles. The van der Waals surface area contributed by atoms with Gasteiger partial charge in [-0.25, -0.2) is 0 Å². The summed E-state index contributed by atoms with van der Waals surface area (Å²) in [5, 5.41) is 10.7. The highest BCUT2D eigenvalue weighted by atomic mass is 16.6. The molecule has 21 heavy (non-hydrogen) atoms. The molecule has 0 aliphatic rings. The number of carbonyl (C=O) groups excluding carboxylic acids is 1. The highest BCUT2D eigenvalue weighted by Crippen LogP contribution is 2.33. The van der Waals surface area contributed by atoms with E-state index in [1.54, 1.807) is 24.3 Å². The Morgan fingerprint density at radius 3 is 2.48 bits per heavy atom. The summed E-state index contributed by atoms with van der Waals surface area (Å²) in [5.74, 6) is 1.22. The lowest BCUT2D eigenvalue weighted by atomic mass is 10.2. The largest absolute Gasteiger partial charge is 0.490 e. The van der Waals surface area contributed by atoms with Crippen LogP contribution in [0.2, 0.25) is 0 Å². The fourth-order valence-electron chi connectivity index (χ4n) is 1.76. The zero-order valence-corrected chi connectivity index (χ0v) is 11.3. The number of rotatable bonds is 6. The Hall–Kier alpha value is -2.89. The lowest BCUT2D eigenvalue weighted by molar-refractivity contribution is -0.384. The van der Waals surface area contributed by atoms with Crippen LogP contribution in [-0.4, -0.2) is 17.8 Å². The zero-order valence-electron chi connectivity index (χ0n) is 11.3. The van der Waals surface area contributed by atoms with E-state index in [4.69, 9.17) is 9.47 Å². The number of para-hydroxylation sites is 2. The number of nitro groups is 1. The van der Waals surface area contributed by atoms with Gasteiger partial charge in [-0.3, -0.25) is 14.9 Å². The highest BCUT2D eigenvalue weighted by Gasteiger charge is 2.13. The molecule has 0 saturated carbocycles. The molecule has 6 heteroatoms. The second-order valence-corrected chi connectivity index (χ2v) is 4.08. The van der Waals surface area contributed by atoms with Crippen molar-refractivity contribution in [2.45, 2.75) is 6.92 Å². The van der Waals surface area contributed by atoms with Crippen LogP contribution in [0, 0.1) is 10.1 Å². The maximum absolute atomic E-state index is 11.1. The quantitative estimate of drug-likeness (QED) is 0.461. The molecule has 0 aliphatic heterocycles. The molecule has 0 atom stereocenters. The van der Waals surface area contributed by atoms with E-state index < -0.39 is 4.92 Å². The molecule has 0 heterocycles. The van der Waals surface area contributed by atoms with Gasteiger partial charge < -0.3 is 9.47 Å². The lowest BCUT2D eigenvalue weighted by Gasteiger charge is -2.12. The smallest absolute Gasteiger partial charge is 0.270 e. The molecule has 0 N–H and O–H groups in total. The van der Waals surface area contributed by atoms with Gasteiger partial charge in [0.15, 0.2) is 17.8 Å². The van der Waals surface area contributed by atoms with Gasteiger partial charge in [0.25, 0.3) is 5.69 Å². The second kappa shape index (κ2) is 6.51. The molecule has 0 fully saturated rings. The van der Waals surface area contributed by atoms with Crippen LogP contribution in [-0.2, 0) is 0 Å². The van der Waals surface area contributed by atoms with Gasteiger partial charge in [-0.05, 0) is 25.1 Å². The number of aldehydes is 1. The number of hydrogen-bond donors (Lipinski definition) is 0.